The van der Waals surface area contributed by atoms with Gasteiger partial charge in [-0.3, -0.25) is 9.69 Å². The maximum Gasteiger partial charge on any atom is 0.246 e. The molecule has 1 amide bonds. The van der Waals surface area contributed by atoms with E-state index in [1.54, 1.807) is 13.2 Å². The van der Waals surface area contributed by atoms with E-state index in [2.05, 4.69) is 42.2 Å². The zero-order chi connectivity index (χ0) is 22.0. The van der Waals surface area contributed by atoms with Crippen LogP contribution in [0.4, 0.5) is 0 Å². The number of fused-ring (bicyclic) bond motifs is 1. The number of hydrogen-bond acceptors (Lipinski definition) is 4. The Balaban J connectivity index is 1.46. The summed E-state index contributed by atoms with van der Waals surface area (Å²) in [6.45, 7) is 10.2. The number of ether oxygens (including phenoxy) is 1. The first-order chi connectivity index (χ1) is 15.0. The highest BCUT2D eigenvalue weighted by Gasteiger charge is 2.21. The predicted octanol–water partition coefficient (Wildman–Crippen LogP) is 4.81. The highest BCUT2D eigenvalue weighted by Crippen LogP contribution is 2.34. The van der Waals surface area contributed by atoms with Crippen molar-refractivity contribution in [1.82, 2.24) is 9.80 Å². The zero-order valence-corrected chi connectivity index (χ0v) is 18.8. The van der Waals surface area contributed by atoms with Gasteiger partial charge in [0.05, 0.1) is 7.11 Å². The Kier molecular flexibility index (Phi) is 6.14. The van der Waals surface area contributed by atoms with Crippen LogP contribution in [-0.4, -0.2) is 49.0 Å². The van der Waals surface area contributed by atoms with Gasteiger partial charge in [-0.1, -0.05) is 30.3 Å². The molecule has 0 bridgehead atoms. The van der Waals surface area contributed by atoms with Gasteiger partial charge >= 0.3 is 0 Å². The van der Waals surface area contributed by atoms with Crippen LogP contribution in [-0.2, 0) is 11.3 Å². The molecular weight excluding hydrogens is 388 g/mol. The first-order valence-corrected chi connectivity index (χ1v) is 10.8. The van der Waals surface area contributed by atoms with E-state index in [0.717, 1.165) is 71.9 Å². The molecule has 4 rings (SSSR count). The summed E-state index contributed by atoms with van der Waals surface area (Å²) in [5.74, 6) is 1.68. The summed E-state index contributed by atoms with van der Waals surface area (Å²) in [4.78, 5) is 17.3. The van der Waals surface area contributed by atoms with E-state index in [9.17, 15) is 4.79 Å². The number of furan rings is 1. The second kappa shape index (κ2) is 8.98. The van der Waals surface area contributed by atoms with Crippen molar-refractivity contribution >= 4 is 22.4 Å². The topological polar surface area (TPSA) is 45.9 Å². The van der Waals surface area contributed by atoms with Gasteiger partial charge in [0.1, 0.15) is 17.1 Å². The van der Waals surface area contributed by atoms with Crippen LogP contribution in [0.3, 0.4) is 0 Å². The fourth-order valence-electron chi connectivity index (χ4n) is 4.17. The first kappa shape index (κ1) is 21.2. The third-order valence-corrected chi connectivity index (χ3v) is 6.19. The summed E-state index contributed by atoms with van der Waals surface area (Å²) in [6.07, 6.45) is 1.73. The van der Waals surface area contributed by atoms with Gasteiger partial charge in [-0.05, 0) is 43.5 Å². The molecule has 2 heterocycles. The highest BCUT2D eigenvalue weighted by molar-refractivity contribution is 5.97. The maximum absolute atomic E-state index is 13.0. The molecule has 0 atom stereocenters. The zero-order valence-electron chi connectivity index (χ0n) is 18.8. The molecule has 31 heavy (non-hydrogen) atoms. The number of rotatable bonds is 5. The minimum Gasteiger partial charge on any atom is -0.496 e. The van der Waals surface area contributed by atoms with Gasteiger partial charge in [0.25, 0.3) is 0 Å². The van der Waals surface area contributed by atoms with Gasteiger partial charge in [0.2, 0.25) is 5.91 Å². The van der Waals surface area contributed by atoms with E-state index < -0.39 is 0 Å². The standard InChI is InChI=1S/C26H30N2O3/c1-18(22-15-23-19(2)20(3)31-25(23)16-24(22)30-4)14-26(29)28-12-10-27(11-13-28)17-21-8-6-5-7-9-21/h5-9,14-16H,10-13,17H2,1-4H3/b18-14+. The van der Waals surface area contributed by atoms with Crippen LogP contribution >= 0.6 is 0 Å². The quantitative estimate of drug-likeness (QED) is 0.558. The number of hydrogen-bond donors (Lipinski definition) is 0. The molecule has 0 unspecified atom stereocenters. The number of methoxy groups -OCH3 is 1. The molecule has 1 fully saturated rings. The second-order valence-corrected chi connectivity index (χ2v) is 8.25. The van der Waals surface area contributed by atoms with Crippen LogP contribution < -0.4 is 4.74 Å². The van der Waals surface area contributed by atoms with Crippen LogP contribution in [0, 0.1) is 13.8 Å². The van der Waals surface area contributed by atoms with E-state index in [1.165, 1.54) is 5.56 Å². The SMILES string of the molecule is COc1cc2oc(C)c(C)c2cc1/C(C)=C/C(=O)N1CCN(Cc2ccccc2)CC1. The third kappa shape index (κ3) is 4.52. The monoisotopic (exact) mass is 418 g/mol. The van der Waals surface area contributed by atoms with Gasteiger partial charge in [-0.2, -0.15) is 0 Å². The lowest BCUT2D eigenvalue weighted by molar-refractivity contribution is -0.127. The summed E-state index contributed by atoms with van der Waals surface area (Å²) < 4.78 is 11.4. The van der Waals surface area contributed by atoms with Crippen molar-refractivity contribution in [2.24, 2.45) is 0 Å². The Bertz CT molecular complexity index is 1110. The van der Waals surface area contributed by atoms with Gasteiger partial charge in [-0.25, -0.2) is 0 Å². The van der Waals surface area contributed by atoms with Gasteiger partial charge in [-0.15, -0.1) is 0 Å². The molecule has 162 valence electrons. The fourth-order valence-corrected chi connectivity index (χ4v) is 4.17. The van der Waals surface area contributed by atoms with Crippen molar-refractivity contribution in [2.75, 3.05) is 33.3 Å². The van der Waals surface area contributed by atoms with E-state index >= 15 is 0 Å². The Hall–Kier alpha value is -3.05. The maximum atomic E-state index is 13.0. The van der Waals surface area contributed by atoms with Crippen LogP contribution in [0.15, 0.2) is 53.0 Å². The van der Waals surface area contributed by atoms with E-state index in [1.807, 2.05) is 30.9 Å². The minimum atomic E-state index is 0.0547. The van der Waals surface area contributed by atoms with E-state index in [0.29, 0.717) is 0 Å². The van der Waals surface area contributed by atoms with Crippen molar-refractivity contribution in [3.8, 4) is 5.75 Å². The lowest BCUT2D eigenvalue weighted by Gasteiger charge is -2.34. The molecule has 1 saturated heterocycles. The molecule has 1 aromatic heterocycles. The second-order valence-electron chi connectivity index (χ2n) is 8.25. The minimum absolute atomic E-state index is 0.0547. The molecular formula is C26H30N2O3. The highest BCUT2D eigenvalue weighted by atomic mass is 16.5. The molecule has 0 spiro atoms. The molecule has 0 N–H and O–H groups in total. The number of benzene rings is 2. The molecule has 2 aromatic carbocycles. The Labute approximate surface area is 183 Å². The molecule has 1 aliphatic heterocycles. The van der Waals surface area contributed by atoms with E-state index in [4.69, 9.17) is 9.15 Å². The largest absolute Gasteiger partial charge is 0.496 e. The van der Waals surface area contributed by atoms with Crippen LogP contribution in [0.5, 0.6) is 5.75 Å². The molecule has 5 nitrogen and oxygen atoms in total. The summed E-state index contributed by atoms with van der Waals surface area (Å²) in [5.41, 5.74) is 5.06. The summed E-state index contributed by atoms with van der Waals surface area (Å²) in [5, 5.41) is 1.06. The molecule has 5 heteroatoms. The normalized spacial score (nSPS) is 15.5. The summed E-state index contributed by atoms with van der Waals surface area (Å²) >= 11 is 0. The number of aryl methyl sites for hydroxylation is 2. The molecule has 0 saturated carbocycles. The van der Waals surface area contributed by atoms with Crippen molar-refractivity contribution in [1.29, 1.82) is 0 Å². The van der Waals surface area contributed by atoms with Crippen molar-refractivity contribution < 1.29 is 13.9 Å². The van der Waals surface area contributed by atoms with Crippen LogP contribution in [0.1, 0.15) is 29.4 Å². The predicted molar refractivity (Wildman–Crippen MR) is 124 cm³/mol. The number of allylic oxidation sites excluding steroid dienone is 1. The van der Waals surface area contributed by atoms with Crippen molar-refractivity contribution in [2.45, 2.75) is 27.3 Å². The number of piperazine rings is 1. The van der Waals surface area contributed by atoms with Gasteiger partial charge in [0, 0.05) is 55.8 Å². The molecule has 3 aromatic rings. The molecule has 0 radical (unpaired) electrons. The Morgan fingerprint density at radius 2 is 1.81 bits per heavy atom. The van der Waals surface area contributed by atoms with Crippen molar-refractivity contribution in [3.63, 3.8) is 0 Å². The first-order valence-electron chi connectivity index (χ1n) is 10.8. The summed E-state index contributed by atoms with van der Waals surface area (Å²) in [7, 11) is 1.65. The Morgan fingerprint density at radius 3 is 2.48 bits per heavy atom. The van der Waals surface area contributed by atoms with Crippen LogP contribution in [0.25, 0.3) is 16.5 Å². The van der Waals surface area contributed by atoms with Crippen LogP contribution in [0.2, 0.25) is 0 Å². The van der Waals surface area contributed by atoms with E-state index in [-0.39, 0.29) is 5.91 Å². The van der Waals surface area contributed by atoms with Gasteiger partial charge < -0.3 is 14.1 Å². The lowest BCUT2D eigenvalue weighted by Crippen LogP contribution is -2.47. The smallest absolute Gasteiger partial charge is 0.246 e. The number of nitrogens with zero attached hydrogens (tertiary/aromatic N) is 2. The lowest BCUT2D eigenvalue weighted by atomic mass is 10.0. The van der Waals surface area contributed by atoms with Crippen molar-refractivity contribution in [3.05, 3.63) is 71.0 Å². The Morgan fingerprint density at radius 1 is 1.10 bits per heavy atom. The number of carbonyl (C=O) groups excluding carboxylic acids is 1. The van der Waals surface area contributed by atoms with Gasteiger partial charge in [0.15, 0.2) is 0 Å². The average Bonchev–Trinajstić information content (AvgIpc) is 3.06. The average molecular weight is 419 g/mol. The third-order valence-electron chi connectivity index (χ3n) is 6.19. The number of amides is 1. The molecule has 1 aliphatic rings. The fraction of sp³-hybridized carbons (Fsp3) is 0.346. The summed E-state index contributed by atoms with van der Waals surface area (Å²) in [6, 6.07) is 14.5. The number of carbonyl (C=O) groups is 1. The molecule has 0 aliphatic carbocycles.